The van der Waals surface area contributed by atoms with Crippen LogP contribution in [0.5, 0.6) is 6.01 Å². The Morgan fingerprint density at radius 1 is 1.19 bits per heavy atom. The summed E-state index contributed by atoms with van der Waals surface area (Å²) in [5.74, 6) is 1.66. The lowest BCUT2D eigenvalue weighted by molar-refractivity contribution is 0.204. The molecule has 7 nitrogen and oxygen atoms in total. The molecule has 0 fully saturated rings. The Hall–Kier alpha value is -1.63. The van der Waals surface area contributed by atoms with Gasteiger partial charge in [0.15, 0.2) is 0 Å². The van der Waals surface area contributed by atoms with Crippen LogP contribution < -0.4 is 15.0 Å². The smallest absolute Gasteiger partial charge is 0.323 e. The summed E-state index contributed by atoms with van der Waals surface area (Å²) in [6.07, 6.45) is 0. The van der Waals surface area contributed by atoms with Gasteiger partial charge in [0.05, 0.1) is 13.2 Å². The average Bonchev–Trinajstić information content (AvgIpc) is 2.43. The van der Waals surface area contributed by atoms with E-state index in [0.29, 0.717) is 37.0 Å². The summed E-state index contributed by atoms with van der Waals surface area (Å²) in [5, 5.41) is 3.11. The molecule has 0 amide bonds. The van der Waals surface area contributed by atoms with E-state index in [-0.39, 0.29) is 0 Å². The molecule has 1 rings (SSSR count). The molecule has 1 N–H and O–H groups in total. The molecule has 0 aromatic carbocycles. The van der Waals surface area contributed by atoms with E-state index in [0.717, 1.165) is 19.6 Å². The molecule has 0 aliphatic heterocycles. The molecule has 7 heteroatoms. The highest BCUT2D eigenvalue weighted by Crippen LogP contribution is 2.16. The third-order valence-corrected chi connectivity index (χ3v) is 2.65. The van der Waals surface area contributed by atoms with Crippen molar-refractivity contribution < 1.29 is 9.47 Å². The number of ether oxygens (including phenoxy) is 2. The average molecular weight is 297 g/mol. The van der Waals surface area contributed by atoms with Crippen LogP contribution in [0.1, 0.15) is 27.7 Å². The maximum atomic E-state index is 5.43. The largest absolute Gasteiger partial charge is 0.464 e. The molecular formula is C14H27N5O2. The minimum absolute atomic E-state index is 0.352. The van der Waals surface area contributed by atoms with E-state index in [1.165, 1.54) is 0 Å². The summed E-state index contributed by atoms with van der Waals surface area (Å²) in [7, 11) is 1.69. The highest BCUT2D eigenvalue weighted by atomic mass is 16.5. The summed E-state index contributed by atoms with van der Waals surface area (Å²) >= 11 is 0. The van der Waals surface area contributed by atoms with Gasteiger partial charge in [-0.3, -0.25) is 0 Å². The lowest BCUT2D eigenvalue weighted by Gasteiger charge is -2.24. The third-order valence-electron chi connectivity index (χ3n) is 2.65. The van der Waals surface area contributed by atoms with Crippen LogP contribution in [0.3, 0.4) is 0 Å². The van der Waals surface area contributed by atoms with E-state index in [1.54, 1.807) is 7.11 Å². The van der Waals surface area contributed by atoms with Crippen LogP contribution >= 0.6 is 0 Å². The molecule has 1 aromatic rings. The van der Waals surface area contributed by atoms with Crippen molar-refractivity contribution >= 4 is 11.9 Å². The van der Waals surface area contributed by atoms with Crippen LogP contribution in [-0.2, 0) is 4.74 Å². The Morgan fingerprint density at radius 2 is 1.95 bits per heavy atom. The zero-order valence-corrected chi connectivity index (χ0v) is 13.7. The molecule has 0 saturated carbocycles. The summed E-state index contributed by atoms with van der Waals surface area (Å²) in [6.45, 7) is 11.7. The van der Waals surface area contributed by atoms with Crippen molar-refractivity contribution in [3.8, 4) is 6.01 Å². The van der Waals surface area contributed by atoms with Crippen LogP contribution in [0.4, 0.5) is 11.9 Å². The SMILES string of the molecule is CCNc1nc(OCC)nc(N(CCOC)CC(C)C)n1. The van der Waals surface area contributed by atoms with E-state index in [1.807, 2.05) is 13.8 Å². The van der Waals surface area contributed by atoms with Gasteiger partial charge in [-0.15, -0.1) is 0 Å². The normalized spacial score (nSPS) is 10.8. The van der Waals surface area contributed by atoms with E-state index >= 15 is 0 Å². The van der Waals surface area contributed by atoms with Gasteiger partial charge >= 0.3 is 6.01 Å². The monoisotopic (exact) mass is 297 g/mol. The van der Waals surface area contributed by atoms with Gasteiger partial charge < -0.3 is 19.7 Å². The number of nitrogens with zero attached hydrogens (tertiary/aromatic N) is 4. The number of nitrogens with one attached hydrogen (secondary N) is 1. The van der Waals surface area contributed by atoms with Crippen molar-refractivity contribution in [3.05, 3.63) is 0 Å². The van der Waals surface area contributed by atoms with Crippen molar-refractivity contribution in [1.29, 1.82) is 0 Å². The molecule has 120 valence electrons. The van der Waals surface area contributed by atoms with Gasteiger partial charge in [0.1, 0.15) is 0 Å². The van der Waals surface area contributed by atoms with Crippen molar-refractivity contribution in [1.82, 2.24) is 15.0 Å². The fourth-order valence-electron chi connectivity index (χ4n) is 1.83. The van der Waals surface area contributed by atoms with Gasteiger partial charge in [-0.1, -0.05) is 13.8 Å². The second kappa shape index (κ2) is 9.33. The summed E-state index contributed by atoms with van der Waals surface area (Å²) in [4.78, 5) is 15.2. The van der Waals surface area contributed by atoms with Crippen molar-refractivity contribution in [3.63, 3.8) is 0 Å². The van der Waals surface area contributed by atoms with E-state index in [2.05, 4.69) is 39.0 Å². The molecular weight excluding hydrogens is 270 g/mol. The van der Waals surface area contributed by atoms with Gasteiger partial charge in [0, 0.05) is 26.7 Å². The van der Waals surface area contributed by atoms with Crippen molar-refractivity contribution in [2.75, 3.05) is 50.2 Å². The molecule has 0 spiro atoms. The lowest BCUT2D eigenvalue weighted by atomic mass is 10.2. The van der Waals surface area contributed by atoms with Crippen molar-refractivity contribution in [2.24, 2.45) is 5.92 Å². The van der Waals surface area contributed by atoms with Crippen LogP contribution in [-0.4, -0.2) is 54.9 Å². The Morgan fingerprint density at radius 3 is 2.52 bits per heavy atom. The van der Waals surface area contributed by atoms with Gasteiger partial charge in [-0.25, -0.2) is 0 Å². The maximum Gasteiger partial charge on any atom is 0.323 e. The summed E-state index contributed by atoms with van der Waals surface area (Å²) in [5.41, 5.74) is 0. The van der Waals surface area contributed by atoms with Gasteiger partial charge in [-0.05, 0) is 19.8 Å². The first-order valence-electron chi connectivity index (χ1n) is 7.47. The first-order valence-corrected chi connectivity index (χ1v) is 7.47. The van der Waals surface area contributed by atoms with Gasteiger partial charge in [0.2, 0.25) is 11.9 Å². The van der Waals surface area contributed by atoms with E-state index in [9.17, 15) is 0 Å². The Bertz CT molecular complexity index is 390. The molecule has 0 atom stereocenters. The molecule has 0 unspecified atom stereocenters. The zero-order valence-electron chi connectivity index (χ0n) is 13.7. The van der Waals surface area contributed by atoms with Crippen molar-refractivity contribution in [2.45, 2.75) is 27.7 Å². The third kappa shape index (κ3) is 6.12. The number of hydrogen-bond acceptors (Lipinski definition) is 7. The Balaban J connectivity index is 3.02. The highest BCUT2D eigenvalue weighted by molar-refractivity contribution is 5.38. The number of anilines is 2. The number of rotatable bonds is 10. The quantitative estimate of drug-likeness (QED) is 0.706. The van der Waals surface area contributed by atoms with Crippen LogP contribution in [0.2, 0.25) is 0 Å². The maximum absolute atomic E-state index is 5.43. The zero-order chi connectivity index (χ0) is 15.7. The van der Waals surface area contributed by atoms with Crippen LogP contribution in [0, 0.1) is 5.92 Å². The Labute approximate surface area is 127 Å². The highest BCUT2D eigenvalue weighted by Gasteiger charge is 2.15. The lowest BCUT2D eigenvalue weighted by Crippen LogP contribution is -2.33. The molecule has 0 aliphatic carbocycles. The van der Waals surface area contributed by atoms with Crippen LogP contribution in [0.25, 0.3) is 0 Å². The minimum atomic E-state index is 0.352. The fraction of sp³-hybridized carbons (Fsp3) is 0.786. The fourth-order valence-corrected chi connectivity index (χ4v) is 1.83. The predicted molar refractivity (Wildman–Crippen MR) is 84.1 cm³/mol. The first-order chi connectivity index (χ1) is 10.1. The van der Waals surface area contributed by atoms with Gasteiger partial charge in [0.25, 0.3) is 0 Å². The second-order valence-electron chi connectivity index (χ2n) is 5.04. The number of aromatic nitrogens is 3. The molecule has 0 aliphatic rings. The molecule has 1 heterocycles. The van der Waals surface area contributed by atoms with Gasteiger partial charge in [-0.2, -0.15) is 15.0 Å². The second-order valence-corrected chi connectivity index (χ2v) is 5.04. The summed E-state index contributed by atoms with van der Waals surface area (Å²) < 4.78 is 10.6. The molecule has 0 bridgehead atoms. The van der Waals surface area contributed by atoms with Crippen LogP contribution in [0.15, 0.2) is 0 Å². The number of methoxy groups -OCH3 is 1. The molecule has 1 aromatic heterocycles. The number of hydrogen-bond donors (Lipinski definition) is 1. The Kier molecular flexibility index (Phi) is 7.74. The summed E-state index contributed by atoms with van der Waals surface area (Å²) in [6, 6.07) is 0.352. The first kappa shape index (κ1) is 17.4. The topological polar surface area (TPSA) is 72.4 Å². The van der Waals surface area contributed by atoms with E-state index < -0.39 is 0 Å². The molecule has 21 heavy (non-hydrogen) atoms. The predicted octanol–water partition coefficient (Wildman–Crippen LogP) is 1.81. The van der Waals surface area contributed by atoms with E-state index in [4.69, 9.17) is 9.47 Å². The minimum Gasteiger partial charge on any atom is -0.464 e. The molecule has 0 radical (unpaired) electrons. The molecule has 0 saturated heterocycles. The standard InChI is InChI=1S/C14H27N5O2/c1-6-15-12-16-13(18-14(17-12)21-7-2)19(8-9-20-5)10-11(3)4/h11H,6-10H2,1-5H3,(H,15,16,17,18).